The Kier molecular flexibility index (Phi) is 6.94. The molecule has 3 N–H and O–H groups in total. The van der Waals surface area contributed by atoms with Crippen LogP contribution in [0.3, 0.4) is 0 Å². The minimum Gasteiger partial charge on any atom is -0.492 e. The Morgan fingerprint density at radius 3 is 2.67 bits per heavy atom. The summed E-state index contributed by atoms with van der Waals surface area (Å²) in [5.74, 6) is 0.0557. The fraction of sp³-hybridized carbons (Fsp3) is 0.533. The zero-order chi connectivity index (χ0) is 15.7. The van der Waals surface area contributed by atoms with Crippen LogP contribution in [0.5, 0.6) is 5.75 Å². The molecule has 0 aliphatic carbocycles. The summed E-state index contributed by atoms with van der Waals surface area (Å²) in [6.45, 7) is 4.48. The van der Waals surface area contributed by atoms with E-state index in [0.717, 1.165) is 0 Å². The average Bonchev–Trinajstić information content (AvgIpc) is 2.49. The van der Waals surface area contributed by atoms with Crippen LogP contribution in [0, 0.1) is 5.82 Å². The van der Waals surface area contributed by atoms with Gasteiger partial charge in [0, 0.05) is 12.6 Å². The molecule has 0 saturated heterocycles. The molecule has 1 aromatic carbocycles. The zero-order valence-corrected chi connectivity index (χ0v) is 12.5. The predicted octanol–water partition coefficient (Wildman–Crippen LogP) is 2.05. The molecule has 0 spiro atoms. The molecule has 6 heteroatoms. The maximum absolute atomic E-state index is 12.9. The van der Waals surface area contributed by atoms with Crippen molar-refractivity contribution in [3.05, 3.63) is 30.1 Å². The highest BCUT2D eigenvalue weighted by Gasteiger charge is 2.22. The van der Waals surface area contributed by atoms with Crippen LogP contribution >= 0.6 is 0 Å². The highest BCUT2D eigenvalue weighted by molar-refractivity contribution is 5.73. The van der Waals surface area contributed by atoms with E-state index in [1.54, 1.807) is 12.1 Å². The number of urea groups is 1. The van der Waals surface area contributed by atoms with Gasteiger partial charge in [-0.2, -0.15) is 0 Å². The molecule has 0 aliphatic heterocycles. The van der Waals surface area contributed by atoms with Gasteiger partial charge < -0.3 is 20.5 Å². The number of nitrogens with one attached hydrogen (secondary N) is 2. The molecule has 0 unspecified atom stereocenters. The number of benzene rings is 1. The van der Waals surface area contributed by atoms with E-state index >= 15 is 0 Å². The summed E-state index contributed by atoms with van der Waals surface area (Å²) >= 11 is 0. The normalized spacial score (nSPS) is 11.0. The summed E-state index contributed by atoms with van der Waals surface area (Å²) in [4.78, 5) is 11.5. The minimum atomic E-state index is -0.866. The SMILES string of the molecule is CCC(O)(CC)CNC(=O)NCCOc1cccc(F)c1. The average molecular weight is 298 g/mol. The lowest BCUT2D eigenvalue weighted by molar-refractivity contribution is 0.0349. The van der Waals surface area contributed by atoms with Gasteiger partial charge in [0.15, 0.2) is 0 Å². The van der Waals surface area contributed by atoms with E-state index in [1.165, 1.54) is 12.1 Å². The van der Waals surface area contributed by atoms with Gasteiger partial charge in [-0.3, -0.25) is 0 Å². The summed E-state index contributed by atoms with van der Waals surface area (Å²) in [6.07, 6.45) is 1.15. The summed E-state index contributed by atoms with van der Waals surface area (Å²) < 4.78 is 18.2. The smallest absolute Gasteiger partial charge is 0.315 e. The minimum absolute atomic E-state index is 0.205. The first kappa shape index (κ1) is 17.2. The van der Waals surface area contributed by atoms with E-state index in [-0.39, 0.29) is 25.0 Å². The number of amides is 2. The van der Waals surface area contributed by atoms with Crippen LogP contribution in [0.4, 0.5) is 9.18 Å². The second-order valence-electron chi connectivity index (χ2n) is 4.85. The van der Waals surface area contributed by atoms with E-state index in [0.29, 0.717) is 25.1 Å². The fourth-order valence-corrected chi connectivity index (χ4v) is 1.70. The second-order valence-corrected chi connectivity index (χ2v) is 4.85. The Morgan fingerprint density at radius 1 is 1.33 bits per heavy atom. The number of hydrogen-bond donors (Lipinski definition) is 3. The molecule has 0 aliphatic rings. The molecule has 0 atom stereocenters. The lowest BCUT2D eigenvalue weighted by Crippen LogP contribution is -2.46. The van der Waals surface area contributed by atoms with Gasteiger partial charge in [-0.15, -0.1) is 0 Å². The number of ether oxygens (including phenoxy) is 1. The predicted molar refractivity (Wildman–Crippen MR) is 78.8 cm³/mol. The van der Waals surface area contributed by atoms with Gasteiger partial charge in [0.25, 0.3) is 0 Å². The molecule has 118 valence electrons. The van der Waals surface area contributed by atoms with Gasteiger partial charge in [-0.05, 0) is 25.0 Å². The molecule has 0 radical (unpaired) electrons. The van der Waals surface area contributed by atoms with Crippen LogP contribution in [0.1, 0.15) is 26.7 Å². The molecular formula is C15H23FN2O3. The number of hydrogen-bond acceptors (Lipinski definition) is 3. The number of aliphatic hydroxyl groups is 1. The molecule has 21 heavy (non-hydrogen) atoms. The van der Waals surface area contributed by atoms with Crippen molar-refractivity contribution >= 4 is 6.03 Å². The van der Waals surface area contributed by atoms with Gasteiger partial charge >= 0.3 is 6.03 Å². The molecule has 5 nitrogen and oxygen atoms in total. The maximum Gasteiger partial charge on any atom is 0.315 e. The van der Waals surface area contributed by atoms with Crippen molar-refractivity contribution in [2.24, 2.45) is 0 Å². The fourth-order valence-electron chi connectivity index (χ4n) is 1.70. The van der Waals surface area contributed by atoms with Crippen molar-refractivity contribution in [3.8, 4) is 5.75 Å². The van der Waals surface area contributed by atoms with E-state index in [2.05, 4.69) is 10.6 Å². The summed E-state index contributed by atoms with van der Waals surface area (Å²) in [5, 5.41) is 15.2. The lowest BCUT2D eigenvalue weighted by Gasteiger charge is -2.25. The first-order chi connectivity index (χ1) is 9.99. The van der Waals surface area contributed by atoms with Gasteiger partial charge in [-0.1, -0.05) is 19.9 Å². The lowest BCUT2D eigenvalue weighted by atomic mass is 9.98. The molecule has 0 bridgehead atoms. The van der Waals surface area contributed by atoms with E-state index in [1.807, 2.05) is 13.8 Å². The number of rotatable bonds is 8. The molecule has 0 fully saturated rings. The number of halogens is 1. The number of carbonyl (C=O) groups is 1. The van der Waals surface area contributed by atoms with Gasteiger partial charge in [0.05, 0.1) is 12.1 Å². The van der Waals surface area contributed by atoms with Gasteiger partial charge in [0.1, 0.15) is 18.2 Å². The van der Waals surface area contributed by atoms with Crippen LogP contribution in [-0.2, 0) is 0 Å². The van der Waals surface area contributed by atoms with E-state index in [9.17, 15) is 14.3 Å². The van der Waals surface area contributed by atoms with Crippen molar-refractivity contribution < 1.29 is 19.0 Å². The summed E-state index contributed by atoms with van der Waals surface area (Å²) in [6, 6.07) is 5.45. The third kappa shape index (κ3) is 6.44. The van der Waals surface area contributed by atoms with Crippen molar-refractivity contribution in [1.82, 2.24) is 10.6 Å². The molecule has 0 aromatic heterocycles. The Labute approximate surface area is 124 Å². The van der Waals surface area contributed by atoms with Crippen molar-refractivity contribution in [2.75, 3.05) is 19.7 Å². The third-order valence-corrected chi connectivity index (χ3v) is 3.35. The molecule has 2 amide bonds. The number of carbonyl (C=O) groups excluding carboxylic acids is 1. The summed E-state index contributed by atoms with van der Waals surface area (Å²) in [5.41, 5.74) is -0.866. The Bertz CT molecular complexity index is 450. The molecular weight excluding hydrogens is 275 g/mol. The first-order valence-electron chi connectivity index (χ1n) is 7.11. The van der Waals surface area contributed by atoms with Crippen LogP contribution in [0.25, 0.3) is 0 Å². The first-order valence-corrected chi connectivity index (χ1v) is 7.11. The second kappa shape index (κ2) is 8.46. The third-order valence-electron chi connectivity index (χ3n) is 3.35. The quantitative estimate of drug-likeness (QED) is 0.643. The molecule has 0 saturated carbocycles. The van der Waals surface area contributed by atoms with Crippen LogP contribution in [0.2, 0.25) is 0 Å². The van der Waals surface area contributed by atoms with Gasteiger partial charge in [-0.25, -0.2) is 9.18 Å². The highest BCUT2D eigenvalue weighted by atomic mass is 19.1. The summed E-state index contributed by atoms with van der Waals surface area (Å²) in [7, 11) is 0. The van der Waals surface area contributed by atoms with Crippen LogP contribution < -0.4 is 15.4 Å². The Balaban J connectivity index is 2.19. The topological polar surface area (TPSA) is 70.6 Å². The van der Waals surface area contributed by atoms with Crippen molar-refractivity contribution in [3.63, 3.8) is 0 Å². The largest absolute Gasteiger partial charge is 0.492 e. The highest BCUT2D eigenvalue weighted by Crippen LogP contribution is 2.12. The van der Waals surface area contributed by atoms with E-state index < -0.39 is 5.60 Å². The van der Waals surface area contributed by atoms with Crippen molar-refractivity contribution in [1.29, 1.82) is 0 Å². The molecule has 1 rings (SSSR count). The Morgan fingerprint density at radius 2 is 2.05 bits per heavy atom. The Hall–Kier alpha value is -1.82. The maximum atomic E-state index is 12.9. The van der Waals surface area contributed by atoms with Gasteiger partial charge in [0.2, 0.25) is 0 Å². The van der Waals surface area contributed by atoms with Crippen molar-refractivity contribution in [2.45, 2.75) is 32.3 Å². The van der Waals surface area contributed by atoms with E-state index in [4.69, 9.17) is 4.74 Å². The zero-order valence-electron chi connectivity index (χ0n) is 12.5. The van der Waals surface area contributed by atoms with Crippen LogP contribution in [0.15, 0.2) is 24.3 Å². The standard InChI is InChI=1S/C15H23FN2O3/c1-3-15(20,4-2)11-18-14(19)17-8-9-21-13-7-5-6-12(16)10-13/h5-7,10,20H,3-4,8-9,11H2,1-2H3,(H2,17,18,19). The monoisotopic (exact) mass is 298 g/mol. The molecule has 0 heterocycles. The molecule has 1 aromatic rings. The van der Waals surface area contributed by atoms with Crippen LogP contribution in [-0.4, -0.2) is 36.4 Å².